The first-order valence-electron chi connectivity index (χ1n) is 7.16. The fraction of sp³-hybridized carbons (Fsp3) is 0.600. The Kier molecular flexibility index (Phi) is 4.90. The fourth-order valence-electron chi connectivity index (χ4n) is 2.70. The third kappa shape index (κ3) is 4.75. The van der Waals surface area contributed by atoms with E-state index in [-0.39, 0.29) is 11.4 Å². The summed E-state index contributed by atoms with van der Waals surface area (Å²) >= 11 is 0. The highest BCUT2D eigenvalue weighted by Crippen LogP contribution is 2.22. The monoisotopic (exact) mass is 295 g/mol. The van der Waals surface area contributed by atoms with Gasteiger partial charge in [0, 0.05) is 36.8 Å². The molecule has 116 valence electrons. The van der Waals surface area contributed by atoms with Crippen molar-refractivity contribution < 1.29 is 14.3 Å². The largest absolute Gasteiger partial charge is 0.387 e. The summed E-state index contributed by atoms with van der Waals surface area (Å²) in [5.41, 5.74) is 0.245. The molecule has 0 unspecified atom stereocenters. The third-order valence-corrected chi connectivity index (χ3v) is 3.75. The van der Waals surface area contributed by atoms with Crippen LogP contribution in [-0.4, -0.2) is 34.6 Å². The number of nitrogens with one attached hydrogen (secondary N) is 2. The van der Waals surface area contributed by atoms with Gasteiger partial charge < -0.3 is 15.7 Å². The lowest BCUT2D eigenvalue weighted by Gasteiger charge is -2.30. The van der Waals surface area contributed by atoms with Crippen molar-refractivity contribution in [3.05, 3.63) is 29.8 Å². The fourth-order valence-corrected chi connectivity index (χ4v) is 2.70. The van der Waals surface area contributed by atoms with Gasteiger partial charge in [0.25, 0.3) is 0 Å². The van der Waals surface area contributed by atoms with Gasteiger partial charge in [-0.1, -0.05) is 0 Å². The number of pyridine rings is 1. The summed E-state index contributed by atoms with van der Waals surface area (Å²) in [4.78, 5) is 14.9. The Morgan fingerprint density at radius 3 is 2.95 bits per heavy atom. The molecule has 21 heavy (non-hydrogen) atoms. The van der Waals surface area contributed by atoms with Gasteiger partial charge in [0.15, 0.2) is 0 Å². The van der Waals surface area contributed by atoms with E-state index < -0.39 is 11.9 Å². The lowest BCUT2D eigenvalue weighted by atomic mass is 9.89. The van der Waals surface area contributed by atoms with Gasteiger partial charge in [0.1, 0.15) is 5.82 Å². The Labute approximate surface area is 124 Å². The Morgan fingerprint density at radius 2 is 2.33 bits per heavy atom. The number of halogens is 1. The van der Waals surface area contributed by atoms with E-state index in [0.717, 1.165) is 12.6 Å². The van der Waals surface area contributed by atoms with Crippen LogP contribution in [0.25, 0.3) is 0 Å². The zero-order valence-corrected chi connectivity index (χ0v) is 12.4. The number of amides is 1. The minimum atomic E-state index is -0.809. The van der Waals surface area contributed by atoms with E-state index >= 15 is 0 Å². The van der Waals surface area contributed by atoms with Crippen LogP contribution in [0, 0.1) is 11.7 Å². The Hall–Kier alpha value is -1.53. The van der Waals surface area contributed by atoms with Gasteiger partial charge in [0.2, 0.25) is 5.91 Å². The summed E-state index contributed by atoms with van der Waals surface area (Å²) in [5.74, 6) is -0.0454. The predicted molar refractivity (Wildman–Crippen MR) is 77.0 cm³/mol. The van der Waals surface area contributed by atoms with Crippen molar-refractivity contribution in [1.29, 1.82) is 0 Å². The topological polar surface area (TPSA) is 74.2 Å². The normalized spacial score (nSPS) is 20.4. The molecule has 2 heterocycles. The third-order valence-electron chi connectivity index (χ3n) is 3.75. The second kappa shape index (κ2) is 6.49. The quantitative estimate of drug-likeness (QED) is 0.736. The molecule has 3 N–H and O–H groups in total. The summed E-state index contributed by atoms with van der Waals surface area (Å²) in [5, 5.41) is 16.2. The van der Waals surface area contributed by atoms with Crippen LogP contribution in [0.2, 0.25) is 0 Å². The number of carbonyl (C=O) groups excluding carboxylic acids is 1. The molecule has 2 rings (SSSR count). The van der Waals surface area contributed by atoms with Crippen LogP contribution >= 0.6 is 0 Å². The van der Waals surface area contributed by atoms with Crippen molar-refractivity contribution in [3.63, 3.8) is 0 Å². The number of aliphatic hydroxyl groups excluding tert-OH is 1. The molecule has 0 aromatic carbocycles. The molecule has 0 spiro atoms. The standard InChI is InChI=1S/C15H22FN3O2/c1-15(2,5-10-3-14(21)18-6-10)19-9-13(20)11-4-12(16)8-17-7-11/h4,7-8,10,13,19-20H,3,5-6,9H2,1-2H3,(H,18,21)/t10-,13-/m0/s1. The van der Waals surface area contributed by atoms with Gasteiger partial charge in [-0.3, -0.25) is 9.78 Å². The van der Waals surface area contributed by atoms with Gasteiger partial charge in [-0.25, -0.2) is 4.39 Å². The molecule has 0 radical (unpaired) electrons. The summed E-state index contributed by atoms with van der Waals surface area (Å²) in [6.07, 6.45) is 3.15. The number of rotatable bonds is 6. The lowest BCUT2D eigenvalue weighted by Crippen LogP contribution is -2.43. The molecule has 0 saturated carbocycles. The molecule has 1 aromatic heterocycles. The van der Waals surface area contributed by atoms with Crippen LogP contribution in [0.4, 0.5) is 4.39 Å². The van der Waals surface area contributed by atoms with E-state index in [4.69, 9.17) is 0 Å². The van der Waals surface area contributed by atoms with Crippen molar-refractivity contribution in [1.82, 2.24) is 15.6 Å². The Bertz CT molecular complexity index is 507. The zero-order chi connectivity index (χ0) is 15.5. The molecule has 1 saturated heterocycles. The number of β-amino-alcohol motifs (C(OH)–C–C–N with tert-alkyl or cyclic N) is 1. The summed E-state index contributed by atoms with van der Waals surface area (Å²) < 4.78 is 13.1. The zero-order valence-electron chi connectivity index (χ0n) is 12.4. The van der Waals surface area contributed by atoms with E-state index in [1.165, 1.54) is 12.3 Å². The predicted octanol–water partition coefficient (Wildman–Crippen LogP) is 1.15. The van der Waals surface area contributed by atoms with Crippen LogP contribution in [-0.2, 0) is 4.79 Å². The minimum Gasteiger partial charge on any atom is -0.387 e. The average Bonchev–Trinajstić information content (AvgIpc) is 2.80. The van der Waals surface area contributed by atoms with E-state index in [1.54, 1.807) is 0 Å². The average molecular weight is 295 g/mol. The number of aromatic nitrogens is 1. The molecule has 1 aliphatic heterocycles. The first-order valence-corrected chi connectivity index (χ1v) is 7.16. The lowest BCUT2D eigenvalue weighted by molar-refractivity contribution is -0.119. The van der Waals surface area contributed by atoms with Gasteiger partial charge in [-0.05, 0) is 32.3 Å². The molecule has 1 aromatic rings. The molecule has 1 amide bonds. The first kappa shape index (κ1) is 15.9. The van der Waals surface area contributed by atoms with Gasteiger partial charge in [-0.15, -0.1) is 0 Å². The summed E-state index contributed by atoms with van der Waals surface area (Å²) in [7, 11) is 0. The van der Waals surface area contributed by atoms with Gasteiger partial charge in [-0.2, -0.15) is 0 Å². The molecule has 1 aliphatic rings. The van der Waals surface area contributed by atoms with Crippen molar-refractivity contribution in [3.8, 4) is 0 Å². The maximum Gasteiger partial charge on any atom is 0.220 e. The number of carbonyl (C=O) groups is 1. The summed E-state index contributed by atoms with van der Waals surface area (Å²) in [6.45, 7) is 5.09. The van der Waals surface area contributed by atoms with Crippen LogP contribution in [0.5, 0.6) is 0 Å². The molecule has 2 atom stereocenters. The van der Waals surface area contributed by atoms with Crippen LogP contribution in [0.3, 0.4) is 0 Å². The van der Waals surface area contributed by atoms with Crippen LogP contribution < -0.4 is 10.6 Å². The second-order valence-electron chi connectivity index (χ2n) is 6.30. The molecule has 5 nitrogen and oxygen atoms in total. The molecule has 6 heteroatoms. The number of aliphatic hydroxyl groups is 1. The maximum atomic E-state index is 13.1. The van der Waals surface area contributed by atoms with Crippen molar-refractivity contribution >= 4 is 5.91 Å². The van der Waals surface area contributed by atoms with E-state index in [9.17, 15) is 14.3 Å². The van der Waals surface area contributed by atoms with Gasteiger partial charge >= 0.3 is 0 Å². The smallest absolute Gasteiger partial charge is 0.220 e. The highest BCUT2D eigenvalue weighted by molar-refractivity contribution is 5.78. The van der Waals surface area contributed by atoms with Crippen molar-refractivity contribution in [2.24, 2.45) is 5.92 Å². The molecular formula is C15H22FN3O2. The molecule has 1 fully saturated rings. The summed E-state index contributed by atoms with van der Waals surface area (Å²) in [6, 6.07) is 1.28. The van der Waals surface area contributed by atoms with E-state index in [0.29, 0.717) is 31.0 Å². The second-order valence-corrected chi connectivity index (χ2v) is 6.30. The molecule has 0 bridgehead atoms. The van der Waals surface area contributed by atoms with Gasteiger partial charge in [0.05, 0.1) is 12.3 Å². The number of nitrogens with zero attached hydrogens (tertiary/aromatic N) is 1. The van der Waals surface area contributed by atoms with Crippen LogP contribution in [0.1, 0.15) is 38.4 Å². The number of hydrogen-bond donors (Lipinski definition) is 3. The maximum absolute atomic E-state index is 13.1. The molecule has 0 aliphatic carbocycles. The Morgan fingerprint density at radius 1 is 1.57 bits per heavy atom. The van der Waals surface area contributed by atoms with E-state index in [2.05, 4.69) is 15.6 Å². The number of hydrogen-bond acceptors (Lipinski definition) is 4. The highest BCUT2D eigenvalue weighted by Gasteiger charge is 2.29. The van der Waals surface area contributed by atoms with Crippen molar-refractivity contribution in [2.75, 3.05) is 13.1 Å². The highest BCUT2D eigenvalue weighted by atomic mass is 19.1. The SMILES string of the molecule is CC(C)(C[C@H]1CNC(=O)C1)NC[C@H](O)c1cncc(F)c1. The van der Waals surface area contributed by atoms with Crippen LogP contribution in [0.15, 0.2) is 18.5 Å². The Balaban J connectivity index is 1.84. The minimum absolute atomic E-state index is 0.0988. The van der Waals surface area contributed by atoms with E-state index in [1.807, 2.05) is 13.8 Å². The molecular weight excluding hydrogens is 273 g/mol. The first-order chi connectivity index (χ1) is 9.85. The van der Waals surface area contributed by atoms with Crippen molar-refractivity contribution in [2.45, 2.75) is 38.3 Å².